The monoisotopic (exact) mass is 506 g/mol. The number of likely N-dealkylation sites (N-methyl/N-ethyl adjacent to an activating group) is 1. The van der Waals surface area contributed by atoms with Crippen LogP contribution in [0.15, 0.2) is 36.4 Å². The van der Waals surface area contributed by atoms with Gasteiger partial charge >= 0.3 is 0 Å². The fourth-order valence-corrected chi connectivity index (χ4v) is 5.99. The summed E-state index contributed by atoms with van der Waals surface area (Å²) in [6.07, 6.45) is 5.93. The SMILES string of the molecule is CCN1C(=O)c2cc(C(=O)NC3CCN(Cc4ccccc4)CC3)nn2C[C@@]1(C)C(=O)NC1CCCC1. The van der Waals surface area contributed by atoms with Crippen LogP contribution >= 0.6 is 0 Å². The average molecular weight is 507 g/mol. The molecular formula is C28H38N6O3. The lowest BCUT2D eigenvalue weighted by Gasteiger charge is -2.43. The fraction of sp³-hybridized carbons (Fsp3) is 0.571. The number of hydrogen-bond acceptors (Lipinski definition) is 5. The molecule has 0 bridgehead atoms. The smallest absolute Gasteiger partial charge is 0.273 e. The van der Waals surface area contributed by atoms with Crippen LogP contribution in [0.5, 0.6) is 0 Å². The Hall–Kier alpha value is -3.20. The lowest BCUT2D eigenvalue weighted by molar-refractivity contribution is -0.133. The molecule has 1 aromatic carbocycles. The second-order valence-corrected chi connectivity index (χ2v) is 10.9. The van der Waals surface area contributed by atoms with Crippen LogP contribution < -0.4 is 10.6 Å². The highest BCUT2D eigenvalue weighted by Crippen LogP contribution is 2.29. The van der Waals surface area contributed by atoms with Crippen LogP contribution in [-0.2, 0) is 17.9 Å². The van der Waals surface area contributed by atoms with Gasteiger partial charge in [-0.2, -0.15) is 5.10 Å². The zero-order valence-electron chi connectivity index (χ0n) is 21.9. The number of nitrogens with one attached hydrogen (secondary N) is 2. The van der Waals surface area contributed by atoms with Gasteiger partial charge in [0.15, 0.2) is 5.69 Å². The number of hydrogen-bond donors (Lipinski definition) is 2. The molecule has 0 radical (unpaired) electrons. The van der Waals surface area contributed by atoms with Crippen molar-refractivity contribution >= 4 is 17.7 Å². The number of carbonyl (C=O) groups is 3. The van der Waals surface area contributed by atoms with E-state index in [1.807, 2.05) is 13.0 Å². The number of nitrogens with zero attached hydrogens (tertiary/aromatic N) is 4. The molecule has 1 aromatic heterocycles. The van der Waals surface area contributed by atoms with Crippen LogP contribution in [0.2, 0.25) is 0 Å². The summed E-state index contributed by atoms with van der Waals surface area (Å²) >= 11 is 0. The highest BCUT2D eigenvalue weighted by atomic mass is 16.2. The number of amides is 3. The Morgan fingerprint density at radius 3 is 2.38 bits per heavy atom. The predicted molar refractivity (Wildman–Crippen MR) is 140 cm³/mol. The Balaban J connectivity index is 1.22. The van der Waals surface area contributed by atoms with E-state index in [1.54, 1.807) is 22.6 Å². The zero-order chi connectivity index (χ0) is 26.0. The Kier molecular flexibility index (Phi) is 7.33. The average Bonchev–Trinajstić information content (AvgIpc) is 3.56. The van der Waals surface area contributed by atoms with Gasteiger partial charge < -0.3 is 15.5 Å². The molecule has 0 spiro atoms. The van der Waals surface area contributed by atoms with Crippen molar-refractivity contribution in [2.45, 2.75) is 83.1 Å². The van der Waals surface area contributed by atoms with Crippen molar-refractivity contribution in [2.24, 2.45) is 0 Å². The summed E-state index contributed by atoms with van der Waals surface area (Å²) < 4.78 is 1.54. The van der Waals surface area contributed by atoms with Crippen molar-refractivity contribution in [1.82, 2.24) is 30.2 Å². The minimum Gasteiger partial charge on any atom is -0.351 e. The molecule has 2 aromatic rings. The molecule has 1 aliphatic carbocycles. The first-order valence-electron chi connectivity index (χ1n) is 13.7. The van der Waals surface area contributed by atoms with Gasteiger partial charge in [-0.15, -0.1) is 0 Å². The maximum atomic E-state index is 13.4. The first-order chi connectivity index (χ1) is 17.9. The molecule has 2 N–H and O–H groups in total. The van der Waals surface area contributed by atoms with E-state index >= 15 is 0 Å². The molecule has 1 atom stereocenters. The van der Waals surface area contributed by atoms with E-state index in [0.29, 0.717) is 12.2 Å². The highest BCUT2D eigenvalue weighted by molar-refractivity contribution is 6.02. The molecule has 3 aliphatic rings. The van der Waals surface area contributed by atoms with Gasteiger partial charge in [0.25, 0.3) is 11.8 Å². The summed E-state index contributed by atoms with van der Waals surface area (Å²) in [7, 11) is 0. The molecule has 37 heavy (non-hydrogen) atoms. The van der Waals surface area contributed by atoms with Crippen molar-refractivity contribution < 1.29 is 14.4 Å². The Labute approximate surface area is 218 Å². The summed E-state index contributed by atoms with van der Waals surface area (Å²) in [5.41, 5.74) is 0.831. The maximum Gasteiger partial charge on any atom is 0.273 e. The third-order valence-corrected chi connectivity index (χ3v) is 8.20. The Morgan fingerprint density at radius 1 is 1.03 bits per heavy atom. The second kappa shape index (κ2) is 10.7. The lowest BCUT2D eigenvalue weighted by Crippen LogP contribution is -2.64. The molecular weight excluding hydrogens is 468 g/mol. The normalized spacial score (nSPS) is 23.2. The minimum atomic E-state index is -1.05. The quantitative estimate of drug-likeness (QED) is 0.601. The van der Waals surface area contributed by atoms with Crippen LogP contribution in [0.1, 0.15) is 78.9 Å². The molecule has 2 fully saturated rings. The van der Waals surface area contributed by atoms with Crippen molar-refractivity contribution in [3.63, 3.8) is 0 Å². The van der Waals surface area contributed by atoms with Crippen molar-refractivity contribution in [3.8, 4) is 0 Å². The van der Waals surface area contributed by atoms with Crippen LogP contribution in [0, 0.1) is 0 Å². The number of fused-ring (bicyclic) bond motifs is 1. The van der Waals surface area contributed by atoms with Crippen LogP contribution in [0.4, 0.5) is 0 Å². The largest absolute Gasteiger partial charge is 0.351 e. The highest BCUT2D eigenvalue weighted by Gasteiger charge is 2.48. The number of piperidine rings is 1. The topological polar surface area (TPSA) is 99.6 Å². The van der Waals surface area contributed by atoms with Gasteiger partial charge in [0.2, 0.25) is 5.91 Å². The van der Waals surface area contributed by atoms with E-state index in [1.165, 1.54) is 5.56 Å². The fourth-order valence-electron chi connectivity index (χ4n) is 5.99. The number of likely N-dealkylation sites (tertiary alicyclic amines) is 1. The van der Waals surface area contributed by atoms with Crippen molar-refractivity contribution in [2.75, 3.05) is 19.6 Å². The van der Waals surface area contributed by atoms with Crippen molar-refractivity contribution in [1.29, 1.82) is 0 Å². The number of aromatic nitrogens is 2. The minimum absolute atomic E-state index is 0.0727. The summed E-state index contributed by atoms with van der Waals surface area (Å²) in [6.45, 7) is 7.05. The van der Waals surface area contributed by atoms with Gasteiger partial charge in [-0.05, 0) is 45.1 Å². The van der Waals surface area contributed by atoms with E-state index in [2.05, 4.69) is 44.9 Å². The van der Waals surface area contributed by atoms with Gasteiger partial charge in [-0.25, -0.2) is 0 Å². The van der Waals surface area contributed by atoms with Crippen LogP contribution in [-0.4, -0.2) is 74.6 Å². The first-order valence-corrected chi connectivity index (χ1v) is 13.7. The van der Waals surface area contributed by atoms with E-state index in [-0.39, 0.29) is 42.0 Å². The predicted octanol–water partition coefficient (Wildman–Crippen LogP) is 2.57. The molecule has 5 rings (SSSR count). The van der Waals surface area contributed by atoms with E-state index in [0.717, 1.165) is 58.2 Å². The van der Waals surface area contributed by atoms with Gasteiger partial charge in [-0.1, -0.05) is 43.2 Å². The third-order valence-electron chi connectivity index (χ3n) is 8.20. The van der Waals surface area contributed by atoms with Gasteiger partial charge in [-0.3, -0.25) is 24.0 Å². The van der Waals surface area contributed by atoms with E-state index in [9.17, 15) is 14.4 Å². The molecule has 2 aliphatic heterocycles. The first kappa shape index (κ1) is 25.4. The molecule has 3 heterocycles. The Bertz CT molecular complexity index is 1130. The second-order valence-electron chi connectivity index (χ2n) is 10.9. The van der Waals surface area contributed by atoms with Gasteiger partial charge in [0, 0.05) is 44.3 Å². The summed E-state index contributed by atoms with van der Waals surface area (Å²) in [4.78, 5) is 43.8. The summed E-state index contributed by atoms with van der Waals surface area (Å²) in [6, 6.07) is 12.2. The molecule has 3 amide bonds. The number of carbonyl (C=O) groups excluding carboxylic acids is 3. The molecule has 198 valence electrons. The lowest BCUT2D eigenvalue weighted by atomic mass is 9.94. The van der Waals surface area contributed by atoms with Crippen LogP contribution in [0.3, 0.4) is 0 Å². The molecule has 1 saturated heterocycles. The molecule has 9 heteroatoms. The third kappa shape index (κ3) is 5.28. The van der Waals surface area contributed by atoms with Crippen LogP contribution in [0.25, 0.3) is 0 Å². The summed E-state index contributed by atoms with van der Waals surface area (Å²) in [5.74, 6) is -0.682. The van der Waals surface area contributed by atoms with Gasteiger partial charge in [0.1, 0.15) is 11.2 Å². The van der Waals surface area contributed by atoms with Crippen molar-refractivity contribution in [3.05, 3.63) is 53.3 Å². The van der Waals surface area contributed by atoms with Gasteiger partial charge in [0.05, 0.1) is 6.54 Å². The summed E-state index contributed by atoms with van der Waals surface area (Å²) in [5, 5.41) is 10.7. The standard InChI is InChI=1S/C28H38N6O3/c1-3-33-26(36)24-17-23(31-34(24)19-28(33,2)27(37)30-21-11-7-8-12-21)25(35)29-22-13-15-32(16-14-22)18-20-9-5-4-6-10-20/h4-6,9-10,17,21-22H,3,7-8,11-16,18-19H2,1-2H3,(H,29,35)(H,30,37)/t28-/m0/s1. The van der Waals surface area contributed by atoms with E-state index in [4.69, 9.17) is 0 Å². The number of rotatable bonds is 7. The van der Waals surface area contributed by atoms with E-state index < -0.39 is 5.54 Å². The Morgan fingerprint density at radius 2 is 1.70 bits per heavy atom. The zero-order valence-corrected chi connectivity index (χ0v) is 21.9. The molecule has 1 saturated carbocycles. The maximum absolute atomic E-state index is 13.4. The molecule has 9 nitrogen and oxygen atoms in total. The number of benzene rings is 1. The molecule has 0 unspecified atom stereocenters.